The Balaban J connectivity index is 1.24. The molecule has 34 heavy (non-hydrogen) atoms. The molecule has 5 rings (SSSR count). The Morgan fingerprint density at radius 1 is 0.971 bits per heavy atom. The lowest BCUT2D eigenvalue weighted by Crippen LogP contribution is -2.28. The minimum atomic E-state index is -0.403. The highest BCUT2D eigenvalue weighted by atomic mass is 16.5. The quantitative estimate of drug-likeness (QED) is 0.460. The second-order valence-electron chi connectivity index (χ2n) is 8.55. The van der Waals surface area contributed by atoms with Gasteiger partial charge in [0.25, 0.3) is 5.89 Å². The standard InChI is InChI=1S/C27H24N4O3/c1-17-7-9-19(10-8-17)25-29-27(34-30-25)20-11-13-22(14-12-20)28-26(33)21-15-24(32)31(16-21)23-6-4-3-5-18(23)2/h3-14,21H,15-16H2,1-2H3,(H,28,33)/t21-/m0/s1. The highest BCUT2D eigenvalue weighted by Crippen LogP contribution is 2.29. The molecule has 0 bridgehead atoms. The largest absolute Gasteiger partial charge is 0.334 e. The molecule has 1 N–H and O–H groups in total. The van der Waals surface area contributed by atoms with Crippen molar-refractivity contribution in [3.05, 3.63) is 83.9 Å². The van der Waals surface area contributed by atoms with Gasteiger partial charge in [-0.25, -0.2) is 0 Å². The Bertz CT molecular complexity index is 1340. The lowest BCUT2D eigenvalue weighted by atomic mass is 10.1. The third-order valence-electron chi connectivity index (χ3n) is 6.04. The predicted molar refractivity (Wildman–Crippen MR) is 130 cm³/mol. The normalized spacial score (nSPS) is 15.5. The van der Waals surface area contributed by atoms with Gasteiger partial charge in [0.1, 0.15) is 0 Å². The molecule has 0 spiro atoms. The van der Waals surface area contributed by atoms with Gasteiger partial charge in [-0.15, -0.1) is 0 Å². The molecular weight excluding hydrogens is 428 g/mol. The van der Waals surface area contributed by atoms with Gasteiger partial charge in [-0.2, -0.15) is 4.98 Å². The van der Waals surface area contributed by atoms with E-state index in [1.165, 1.54) is 0 Å². The van der Waals surface area contributed by atoms with Gasteiger partial charge in [0, 0.05) is 35.5 Å². The first-order valence-electron chi connectivity index (χ1n) is 11.2. The van der Waals surface area contributed by atoms with Crippen LogP contribution in [-0.4, -0.2) is 28.5 Å². The highest BCUT2D eigenvalue weighted by Gasteiger charge is 2.35. The molecule has 1 aliphatic rings. The van der Waals surface area contributed by atoms with Gasteiger partial charge in [-0.1, -0.05) is 53.2 Å². The van der Waals surface area contributed by atoms with E-state index in [9.17, 15) is 9.59 Å². The molecule has 2 heterocycles. The number of carbonyl (C=O) groups excluding carboxylic acids is 2. The van der Waals surface area contributed by atoms with E-state index < -0.39 is 5.92 Å². The molecule has 0 aliphatic carbocycles. The van der Waals surface area contributed by atoms with Crippen LogP contribution in [0.4, 0.5) is 11.4 Å². The summed E-state index contributed by atoms with van der Waals surface area (Å²) in [5.41, 5.74) is 5.32. The summed E-state index contributed by atoms with van der Waals surface area (Å²) in [6.45, 7) is 4.36. The Morgan fingerprint density at radius 2 is 1.68 bits per heavy atom. The first kappa shape index (κ1) is 21.6. The van der Waals surface area contributed by atoms with Crippen molar-refractivity contribution >= 4 is 23.2 Å². The molecular formula is C27H24N4O3. The van der Waals surface area contributed by atoms with E-state index >= 15 is 0 Å². The number of para-hydroxylation sites is 1. The van der Waals surface area contributed by atoms with Crippen molar-refractivity contribution in [3.8, 4) is 22.8 Å². The molecule has 1 aromatic heterocycles. The van der Waals surface area contributed by atoms with E-state index in [1.54, 1.807) is 17.0 Å². The SMILES string of the molecule is Cc1ccc(-c2noc(-c3ccc(NC(=O)[C@H]4CC(=O)N(c5ccccc5C)C4)cc3)n2)cc1. The number of carbonyl (C=O) groups is 2. The second-order valence-corrected chi connectivity index (χ2v) is 8.55. The molecule has 7 heteroatoms. The highest BCUT2D eigenvalue weighted by molar-refractivity contribution is 6.03. The number of benzene rings is 3. The Hall–Kier alpha value is -4.26. The van der Waals surface area contributed by atoms with Gasteiger partial charge in [0.2, 0.25) is 17.6 Å². The second kappa shape index (κ2) is 8.94. The Labute approximate surface area is 197 Å². The Morgan fingerprint density at radius 3 is 2.41 bits per heavy atom. The summed E-state index contributed by atoms with van der Waals surface area (Å²) in [5, 5.41) is 6.99. The average Bonchev–Trinajstić information content (AvgIpc) is 3.48. The molecule has 1 saturated heterocycles. The van der Waals surface area contributed by atoms with Crippen LogP contribution < -0.4 is 10.2 Å². The van der Waals surface area contributed by atoms with E-state index in [0.717, 1.165) is 27.9 Å². The number of aryl methyl sites for hydroxylation is 2. The van der Waals surface area contributed by atoms with E-state index in [-0.39, 0.29) is 18.2 Å². The lowest BCUT2D eigenvalue weighted by molar-refractivity contribution is -0.122. The van der Waals surface area contributed by atoms with Crippen molar-refractivity contribution in [2.75, 3.05) is 16.8 Å². The first-order chi connectivity index (χ1) is 16.5. The molecule has 4 aromatic rings. The van der Waals surface area contributed by atoms with Crippen LogP contribution in [0.1, 0.15) is 17.5 Å². The van der Waals surface area contributed by atoms with Gasteiger partial charge in [0.05, 0.1) is 5.92 Å². The Kier molecular flexibility index (Phi) is 5.67. The number of anilines is 2. The number of amides is 2. The number of nitrogens with one attached hydrogen (secondary N) is 1. The van der Waals surface area contributed by atoms with Crippen LogP contribution in [0.5, 0.6) is 0 Å². The summed E-state index contributed by atoms with van der Waals surface area (Å²) >= 11 is 0. The first-order valence-corrected chi connectivity index (χ1v) is 11.2. The summed E-state index contributed by atoms with van der Waals surface area (Å²) in [4.78, 5) is 31.5. The van der Waals surface area contributed by atoms with Crippen molar-refractivity contribution in [2.45, 2.75) is 20.3 Å². The molecule has 3 aromatic carbocycles. The van der Waals surface area contributed by atoms with Crippen LogP contribution in [0.15, 0.2) is 77.3 Å². The average molecular weight is 453 g/mol. The summed E-state index contributed by atoms with van der Waals surface area (Å²) in [7, 11) is 0. The number of rotatable bonds is 5. The minimum absolute atomic E-state index is 0.0365. The lowest BCUT2D eigenvalue weighted by Gasteiger charge is -2.19. The fourth-order valence-electron chi connectivity index (χ4n) is 4.08. The molecule has 0 unspecified atom stereocenters. The maximum absolute atomic E-state index is 12.8. The van der Waals surface area contributed by atoms with Crippen molar-refractivity contribution in [1.29, 1.82) is 0 Å². The smallest absolute Gasteiger partial charge is 0.258 e. The fraction of sp³-hybridized carbons (Fsp3) is 0.185. The van der Waals surface area contributed by atoms with Crippen LogP contribution in [0.2, 0.25) is 0 Å². The van der Waals surface area contributed by atoms with Crippen LogP contribution >= 0.6 is 0 Å². The summed E-state index contributed by atoms with van der Waals surface area (Å²) < 4.78 is 5.42. The van der Waals surface area contributed by atoms with E-state index in [1.807, 2.05) is 74.5 Å². The van der Waals surface area contributed by atoms with Crippen molar-refractivity contribution in [1.82, 2.24) is 10.1 Å². The van der Waals surface area contributed by atoms with Gasteiger partial charge in [-0.3, -0.25) is 9.59 Å². The van der Waals surface area contributed by atoms with E-state index in [4.69, 9.17) is 4.52 Å². The van der Waals surface area contributed by atoms with Gasteiger partial charge >= 0.3 is 0 Å². The van der Waals surface area contributed by atoms with Crippen LogP contribution in [0.3, 0.4) is 0 Å². The molecule has 2 amide bonds. The van der Waals surface area contributed by atoms with Gasteiger partial charge in [-0.05, 0) is 49.7 Å². The summed E-state index contributed by atoms with van der Waals surface area (Å²) in [5.74, 6) is 0.321. The predicted octanol–water partition coefficient (Wildman–Crippen LogP) is 5.01. The van der Waals surface area contributed by atoms with Crippen molar-refractivity contribution in [2.24, 2.45) is 5.92 Å². The molecule has 1 fully saturated rings. The monoisotopic (exact) mass is 452 g/mol. The molecule has 0 saturated carbocycles. The van der Waals surface area contributed by atoms with Crippen LogP contribution in [0, 0.1) is 19.8 Å². The molecule has 1 aliphatic heterocycles. The molecule has 0 radical (unpaired) electrons. The molecule has 7 nitrogen and oxygen atoms in total. The van der Waals surface area contributed by atoms with Gasteiger partial charge < -0.3 is 14.7 Å². The number of nitrogens with zero attached hydrogens (tertiary/aromatic N) is 3. The number of aromatic nitrogens is 2. The topological polar surface area (TPSA) is 88.3 Å². The molecule has 170 valence electrons. The van der Waals surface area contributed by atoms with Gasteiger partial charge in [0.15, 0.2) is 0 Å². The van der Waals surface area contributed by atoms with Crippen LogP contribution in [-0.2, 0) is 9.59 Å². The number of hydrogen-bond donors (Lipinski definition) is 1. The minimum Gasteiger partial charge on any atom is -0.334 e. The third-order valence-corrected chi connectivity index (χ3v) is 6.04. The van der Waals surface area contributed by atoms with E-state index in [0.29, 0.717) is 23.9 Å². The third kappa shape index (κ3) is 4.32. The number of hydrogen-bond acceptors (Lipinski definition) is 5. The summed E-state index contributed by atoms with van der Waals surface area (Å²) in [6.07, 6.45) is 0.196. The zero-order valence-electron chi connectivity index (χ0n) is 19.0. The van der Waals surface area contributed by atoms with Crippen molar-refractivity contribution < 1.29 is 14.1 Å². The maximum atomic E-state index is 12.8. The van der Waals surface area contributed by atoms with Crippen molar-refractivity contribution in [3.63, 3.8) is 0 Å². The van der Waals surface area contributed by atoms with E-state index in [2.05, 4.69) is 15.5 Å². The molecule has 1 atom stereocenters. The summed E-state index contributed by atoms with van der Waals surface area (Å²) in [6, 6.07) is 22.8. The fourth-order valence-corrected chi connectivity index (χ4v) is 4.08. The zero-order chi connectivity index (χ0) is 23.7. The zero-order valence-corrected chi connectivity index (χ0v) is 19.0. The van der Waals surface area contributed by atoms with Crippen LogP contribution in [0.25, 0.3) is 22.8 Å². The maximum Gasteiger partial charge on any atom is 0.258 e.